The monoisotopic (exact) mass is 180 g/mol. The van der Waals surface area contributed by atoms with Crippen molar-refractivity contribution in [3.8, 4) is 12.3 Å². The van der Waals surface area contributed by atoms with Crippen molar-refractivity contribution in [1.29, 1.82) is 0 Å². The topological polar surface area (TPSA) is 69.2 Å². The van der Waals surface area contributed by atoms with Crippen LogP contribution in [-0.4, -0.2) is 4.92 Å². The summed E-state index contributed by atoms with van der Waals surface area (Å²) in [5.74, 6) is 1.19. The van der Waals surface area contributed by atoms with Crippen LogP contribution < -0.4 is 5.73 Å². The summed E-state index contributed by atoms with van der Waals surface area (Å²) in [6, 6.07) is 1.79. The van der Waals surface area contributed by atoms with E-state index in [2.05, 4.69) is 5.92 Å². The minimum atomic E-state index is -0.873. The predicted molar refractivity (Wildman–Crippen MR) is 45.4 cm³/mol. The summed E-state index contributed by atoms with van der Waals surface area (Å²) >= 11 is 0. The van der Waals surface area contributed by atoms with Gasteiger partial charge in [-0.2, -0.15) is 0 Å². The number of anilines is 1. The van der Waals surface area contributed by atoms with Crippen molar-refractivity contribution in [2.45, 2.75) is 0 Å². The lowest BCUT2D eigenvalue weighted by atomic mass is 10.1. The Bertz CT molecular complexity index is 409. The van der Waals surface area contributed by atoms with Gasteiger partial charge in [-0.1, -0.05) is 5.92 Å². The van der Waals surface area contributed by atoms with Crippen LogP contribution in [0.1, 0.15) is 5.56 Å². The lowest BCUT2D eigenvalue weighted by molar-refractivity contribution is -0.385. The third kappa shape index (κ3) is 1.56. The molecule has 2 N–H and O–H groups in total. The van der Waals surface area contributed by atoms with E-state index in [9.17, 15) is 14.5 Å². The molecule has 0 aliphatic carbocycles. The van der Waals surface area contributed by atoms with Gasteiger partial charge < -0.3 is 5.73 Å². The van der Waals surface area contributed by atoms with E-state index in [-0.39, 0.29) is 11.3 Å². The number of nitrogens with two attached hydrogens (primary N) is 1. The fraction of sp³-hybridized carbons (Fsp3) is 0. The van der Waals surface area contributed by atoms with Crippen LogP contribution in [-0.2, 0) is 0 Å². The Balaban J connectivity index is 3.41. The first kappa shape index (κ1) is 9.00. The molecule has 0 bridgehead atoms. The van der Waals surface area contributed by atoms with Crippen LogP contribution >= 0.6 is 0 Å². The van der Waals surface area contributed by atoms with Crippen LogP contribution in [0.4, 0.5) is 15.8 Å². The second-order valence-corrected chi connectivity index (χ2v) is 2.29. The number of benzene rings is 1. The Morgan fingerprint density at radius 1 is 1.62 bits per heavy atom. The van der Waals surface area contributed by atoms with Gasteiger partial charge in [-0.15, -0.1) is 6.42 Å². The number of terminal acetylenes is 1. The summed E-state index contributed by atoms with van der Waals surface area (Å²) in [5, 5.41) is 10.3. The number of non-ortho nitro benzene ring substituents is 1. The third-order valence-corrected chi connectivity index (χ3v) is 1.48. The van der Waals surface area contributed by atoms with Crippen LogP contribution in [0.2, 0.25) is 0 Å². The quantitative estimate of drug-likeness (QED) is 0.306. The number of nitro benzene ring substituents is 1. The third-order valence-electron chi connectivity index (χ3n) is 1.48. The zero-order valence-corrected chi connectivity index (χ0v) is 6.45. The first-order chi connectivity index (χ1) is 6.06. The number of nitrogens with zero attached hydrogens (tertiary/aromatic N) is 1. The average Bonchev–Trinajstić information content (AvgIpc) is 2.09. The van der Waals surface area contributed by atoms with Crippen molar-refractivity contribution in [2.75, 3.05) is 5.73 Å². The Morgan fingerprint density at radius 3 is 2.69 bits per heavy atom. The lowest BCUT2D eigenvalue weighted by Crippen LogP contribution is -1.97. The highest BCUT2D eigenvalue weighted by molar-refractivity contribution is 5.60. The molecule has 1 rings (SSSR count). The van der Waals surface area contributed by atoms with Gasteiger partial charge in [0.15, 0.2) is 5.82 Å². The molecule has 0 amide bonds. The minimum absolute atomic E-state index is 0.00769. The van der Waals surface area contributed by atoms with E-state index in [0.29, 0.717) is 0 Å². The van der Waals surface area contributed by atoms with E-state index in [4.69, 9.17) is 12.2 Å². The van der Waals surface area contributed by atoms with E-state index in [0.717, 1.165) is 12.1 Å². The van der Waals surface area contributed by atoms with Gasteiger partial charge in [-0.3, -0.25) is 10.1 Å². The largest absolute Gasteiger partial charge is 0.395 e. The van der Waals surface area contributed by atoms with Crippen LogP contribution in [0, 0.1) is 28.3 Å². The summed E-state index contributed by atoms with van der Waals surface area (Å²) in [7, 11) is 0. The van der Waals surface area contributed by atoms with E-state index < -0.39 is 16.4 Å². The van der Waals surface area contributed by atoms with Crippen molar-refractivity contribution in [3.63, 3.8) is 0 Å². The molecule has 0 atom stereocenters. The molecule has 1 aromatic rings. The molecule has 0 fully saturated rings. The Kier molecular flexibility index (Phi) is 2.15. The van der Waals surface area contributed by atoms with Gasteiger partial charge in [-0.05, 0) is 0 Å². The van der Waals surface area contributed by atoms with Crippen LogP contribution in [0.15, 0.2) is 12.1 Å². The summed E-state index contributed by atoms with van der Waals surface area (Å²) in [6.45, 7) is 0. The summed E-state index contributed by atoms with van der Waals surface area (Å²) < 4.78 is 12.9. The maximum absolute atomic E-state index is 12.9. The predicted octanol–water partition coefficient (Wildman–Crippen LogP) is 1.30. The average molecular weight is 180 g/mol. The Labute approximate surface area is 73.3 Å². The number of nitro groups is 1. The molecule has 0 unspecified atom stereocenters. The molecular formula is C8H5FN2O2. The van der Waals surface area contributed by atoms with Crippen molar-refractivity contribution >= 4 is 11.4 Å². The van der Waals surface area contributed by atoms with Gasteiger partial charge in [0.05, 0.1) is 22.2 Å². The molecule has 66 valence electrons. The SMILES string of the molecule is C#Cc1cc([N+](=O)[O-])cc(F)c1N. The highest BCUT2D eigenvalue weighted by atomic mass is 19.1. The maximum Gasteiger partial charge on any atom is 0.273 e. The molecule has 0 heterocycles. The van der Waals surface area contributed by atoms with Crippen molar-refractivity contribution < 1.29 is 9.31 Å². The number of hydrogen-bond acceptors (Lipinski definition) is 3. The fourth-order valence-corrected chi connectivity index (χ4v) is 0.828. The van der Waals surface area contributed by atoms with Crippen LogP contribution in [0.3, 0.4) is 0 Å². The molecule has 5 heteroatoms. The van der Waals surface area contributed by atoms with Gasteiger partial charge in [0.25, 0.3) is 5.69 Å². The van der Waals surface area contributed by atoms with E-state index >= 15 is 0 Å². The second-order valence-electron chi connectivity index (χ2n) is 2.29. The Hall–Kier alpha value is -2.09. The molecule has 0 aliphatic heterocycles. The zero-order chi connectivity index (χ0) is 10.0. The Morgan fingerprint density at radius 2 is 2.23 bits per heavy atom. The number of rotatable bonds is 1. The number of nitrogen functional groups attached to an aromatic ring is 1. The number of hydrogen-bond donors (Lipinski definition) is 1. The van der Waals surface area contributed by atoms with E-state index in [1.54, 1.807) is 0 Å². The van der Waals surface area contributed by atoms with E-state index in [1.807, 2.05) is 0 Å². The van der Waals surface area contributed by atoms with Gasteiger partial charge in [-0.25, -0.2) is 4.39 Å². The van der Waals surface area contributed by atoms with Gasteiger partial charge in [0.1, 0.15) is 0 Å². The van der Waals surface area contributed by atoms with Crippen LogP contribution in [0.25, 0.3) is 0 Å². The van der Waals surface area contributed by atoms with Gasteiger partial charge in [0, 0.05) is 6.07 Å². The summed E-state index contributed by atoms with van der Waals surface area (Å²) in [4.78, 5) is 9.53. The summed E-state index contributed by atoms with van der Waals surface area (Å²) in [5.41, 5.74) is 4.57. The van der Waals surface area contributed by atoms with Crippen molar-refractivity contribution in [1.82, 2.24) is 0 Å². The molecular weight excluding hydrogens is 175 g/mol. The lowest BCUT2D eigenvalue weighted by Gasteiger charge is -1.99. The normalized spacial score (nSPS) is 9.23. The second kappa shape index (κ2) is 3.11. The fourth-order valence-electron chi connectivity index (χ4n) is 0.828. The molecule has 1 aromatic carbocycles. The molecule has 0 saturated carbocycles. The number of halogens is 1. The van der Waals surface area contributed by atoms with Gasteiger partial charge in [0.2, 0.25) is 0 Å². The van der Waals surface area contributed by atoms with Crippen LogP contribution in [0.5, 0.6) is 0 Å². The smallest absolute Gasteiger partial charge is 0.273 e. The first-order valence-electron chi connectivity index (χ1n) is 3.26. The highest BCUT2D eigenvalue weighted by Gasteiger charge is 2.12. The molecule has 0 spiro atoms. The van der Waals surface area contributed by atoms with Crippen molar-refractivity contribution in [3.05, 3.63) is 33.6 Å². The maximum atomic E-state index is 12.9. The zero-order valence-electron chi connectivity index (χ0n) is 6.45. The molecule has 0 aliphatic rings. The molecule has 0 saturated heterocycles. The molecule has 13 heavy (non-hydrogen) atoms. The molecule has 4 nitrogen and oxygen atoms in total. The van der Waals surface area contributed by atoms with Crippen molar-refractivity contribution in [2.24, 2.45) is 0 Å². The van der Waals surface area contributed by atoms with E-state index in [1.165, 1.54) is 0 Å². The minimum Gasteiger partial charge on any atom is -0.395 e. The van der Waals surface area contributed by atoms with Gasteiger partial charge >= 0.3 is 0 Å². The molecule has 0 aromatic heterocycles. The summed E-state index contributed by atoms with van der Waals surface area (Å²) in [6.07, 6.45) is 4.97. The standard InChI is InChI=1S/C8H5FN2O2/c1-2-5-3-6(11(12)13)4-7(9)8(5)10/h1,3-4H,10H2. The first-order valence-corrected chi connectivity index (χ1v) is 3.26. The molecule has 0 radical (unpaired) electrons. The highest BCUT2D eigenvalue weighted by Crippen LogP contribution is 2.22.